The third-order valence-corrected chi connectivity index (χ3v) is 5.09. The summed E-state index contributed by atoms with van der Waals surface area (Å²) >= 11 is 0. The van der Waals surface area contributed by atoms with Gasteiger partial charge in [-0.25, -0.2) is 13.9 Å². The summed E-state index contributed by atoms with van der Waals surface area (Å²) in [5.41, 5.74) is 3.20. The standard InChI is InChI=1S/C19H20FN3O4/c1-11-5-6-13(20)15(9-11)23-14-4-2-3-12(14)17(21-23)18(24)22-7-8-27-16(10-22)19(25)26/h5-6,9,16H,2-4,7-8,10H2,1H3,(H,25,26). The van der Waals surface area contributed by atoms with Gasteiger partial charge in [-0.05, 0) is 43.9 Å². The van der Waals surface area contributed by atoms with Gasteiger partial charge in [0.25, 0.3) is 5.91 Å². The lowest BCUT2D eigenvalue weighted by molar-refractivity contribution is -0.154. The highest BCUT2D eigenvalue weighted by atomic mass is 19.1. The van der Waals surface area contributed by atoms with Crippen molar-refractivity contribution in [1.29, 1.82) is 0 Å². The Labute approximate surface area is 155 Å². The van der Waals surface area contributed by atoms with Crippen LogP contribution in [0.25, 0.3) is 5.69 Å². The molecule has 1 aromatic carbocycles. The number of nitrogens with zero attached hydrogens (tertiary/aromatic N) is 3. The minimum Gasteiger partial charge on any atom is -0.479 e. The number of carboxylic acid groups (broad SMARTS) is 1. The topological polar surface area (TPSA) is 84.7 Å². The second kappa shape index (κ2) is 6.77. The number of hydrogen-bond donors (Lipinski definition) is 1. The molecule has 142 valence electrons. The molecule has 1 atom stereocenters. The van der Waals surface area contributed by atoms with Crippen molar-refractivity contribution in [2.45, 2.75) is 32.3 Å². The summed E-state index contributed by atoms with van der Waals surface area (Å²) in [4.78, 5) is 25.7. The number of hydrogen-bond acceptors (Lipinski definition) is 4. The van der Waals surface area contributed by atoms with E-state index >= 15 is 0 Å². The smallest absolute Gasteiger partial charge is 0.334 e. The van der Waals surface area contributed by atoms with Gasteiger partial charge in [0.15, 0.2) is 11.8 Å². The third kappa shape index (κ3) is 3.10. The maximum atomic E-state index is 14.4. The molecular formula is C19H20FN3O4. The quantitative estimate of drug-likeness (QED) is 0.886. The largest absolute Gasteiger partial charge is 0.479 e. The Morgan fingerprint density at radius 2 is 2.15 bits per heavy atom. The van der Waals surface area contributed by atoms with E-state index in [1.807, 2.05) is 6.92 Å². The average molecular weight is 373 g/mol. The van der Waals surface area contributed by atoms with E-state index in [9.17, 15) is 14.0 Å². The number of aryl methyl sites for hydroxylation is 1. The summed E-state index contributed by atoms with van der Waals surface area (Å²) in [6, 6.07) is 4.80. The van der Waals surface area contributed by atoms with Crippen LogP contribution in [0.5, 0.6) is 0 Å². The van der Waals surface area contributed by atoms with Gasteiger partial charge >= 0.3 is 5.97 Å². The Kier molecular flexibility index (Phi) is 4.43. The van der Waals surface area contributed by atoms with Crippen LogP contribution < -0.4 is 0 Å². The molecule has 1 aliphatic heterocycles. The van der Waals surface area contributed by atoms with Crippen LogP contribution in [0.4, 0.5) is 4.39 Å². The molecule has 1 N–H and O–H groups in total. The maximum Gasteiger partial charge on any atom is 0.334 e. The van der Waals surface area contributed by atoms with Crippen LogP contribution in [0.15, 0.2) is 18.2 Å². The first-order chi connectivity index (χ1) is 13.0. The molecule has 1 aromatic heterocycles. The lowest BCUT2D eigenvalue weighted by Crippen LogP contribution is -2.48. The van der Waals surface area contributed by atoms with Crippen molar-refractivity contribution in [3.8, 4) is 5.69 Å². The number of aliphatic carboxylic acids is 1. The monoisotopic (exact) mass is 373 g/mol. The van der Waals surface area contributed by atoms with E-state index in [-0.39, 0.29) is 24.8 Å². The fourth-order valence-corrected chi connectivity index (χ4v) is 3.73. The molecule has 0 saturated carbocycles. The van der Waals surface area contributed by atoms with Crippen molar-refractivity contribution in [3.63, 3.8) is 0 Å². The number of carbonyl (C=O) groups excluding carboxylic acids is 1. The van der Waals surface area contributed by atoms with Crippen molar-refractivity contribution in [2.75, 3.05) is 19.7 Å². The highest BCUT2D eigenvalue weighted by molar-refractivity contribution is 5.94. The number of carboxylic acids is 1. The molecule has 2 heterocycles. The lowest BCUT2D eigenvalue weighted by Gasteiger charge is -2.30. The molecule has 1 saturated heterocycles. The van der Waals surface area contributed by atoms with Crippen molar-refractivity contribution in [3.05, 3.63) is 46.5 Å². The van der Waals surface area contributed by atoms with Crippen LogP contribution in [0.1, 0.15) is 33.7 Å². The zero-order valence-electron chi connectivity index (χ0n) is 14.9. The number of benzene rings is 1. The van der Waals surface area contributed by atoms with Gasteiger partial charge in [-0.15, -0.1) is 0 Å². The van der Waals surface area contributed by atoms with E-state index < -0.39 is 17.9 Å². The second-order valence-corrected chi connectivity index (χ2v) is 6.94. The lowest BCUT2D eigenvalue weighted by atomic mass is 10.1. The summed E-state index contributed by atoms with van der Waals surface area (Å²) in [5, 5.41) is 13.6. The summed E-state index contributed by atoms with van der Waals surface area (Å²) in [6.45, 7) is 2.33. The molecule has 4 rings (SSSR count). The highest BCUT2D eigenvalue weighted by Gasteiger charge is 2.34. The Bertz CT molecular complexity index is 924. The minimum atomic E-state index is -1.09. The molecular weight excluding hydrogens is 353 g/mol. The molecule has 2 aliphatic rings. The van der Waals surface area contributed by atoms with E-state index in [1.54, 1.807) is 12.1 Å². The van der Waals surface area contributed by atoms with E-state index in [4.69, 9.17) is 9.84 Å². The highest BCUT2D eigenvalue weighted by Crippen LogP contribution is 2.30. The second-order valence-electron chi connectivity index (χ2n) is 6.94. The first kappa shape index (κ1) is 17.7. The molecule has 1 unspecified atom stereocenters. The van der Waals surface area contributed by atoms with Crippen molar-refractivity contribution < 1.29 is 23.8 Å². The Balaban J connectivity index is 1.71. The first-order valence-corrected chi connectivity index (χ1v) is 8.96. The van der Waals surface area contributed by atoms with E-state index in [0.717, 1.165) is 29.7 Å². The predicted octanol–water partition coefficient (Wildman–Crippen LogP) is 1.73. The van der Waals surface area contributed by atoms with Crippen LogP contribution in [0.3, 0.4) is 0 Å². The van der Waals surface area contributed by atoms with E-state index in [1.165, 1.54) is 15.6 Å². The molecule has 1 amide bonds. The summed E-state index contributed by atoms with van der Waals surface area (Å²) in [6.07, 6.45) is 1.27. The van der Waals surface area contributed by atoms with Crippen LogP contribution in [-0.4, -0.2) is 57.5 Å². The van der Waals surface area contributed by atoms with Crippen molar-refractivity contribution in [1.82, 2.24) is 14.7 Å². The Hall–Kier alpha value is -2.74. The molecule has 0 spiro atoms. The number of amides is 1. The van der Waals surface area contributed by atoms with Gasteiger partial charge in [-0.2, -0.15) is 5.10 Å². The average Bonchev–Trinajstić information content (AvgIpc) is 3.26. The molecule has 7 nitrogen and oxygen atoms in total. The van der Waals surface area contributed by atoms with Gasteiger partial charge in [-0.3, -0.25) is 4.79 Å². The van der Waals surface area contributed by atoms with E-state index in [0.29, 0.717) is 18.7 Å². The van der Waals surface area contributed by atoms with Crippen molar-refractivity contribution in [2.24, 2.45) is 0 Å². The molecule has 0 bridgehead atoms. The number of halogens is 1. The summed E-state index contributed by atoms with van der Waals surface area (Å²) in [5.74, 6) is -1.81. The summed E-state index contributed by atoms with van der Waals surface area (Å²) < 4.78 is 21.1. The van der Waals surface area contributed by atoms with Crippen LogP contribution in [0.2, 0.25) is 0 Å². The fourth-order valence-electron chi connectivity index (χ4n) is 3.73. The number of fused-ring (bicyclic) bond motifs is 1. The zero-order valence-corrected chi connectivity index (χ0v) is 14.9. The van der Waals surface area contributed by atoms with Gasteiger partial charge in [0.2, 0.25) is 0 Å². The maximum absolute atomic E-state index is 14.4. The van der Waals surface area contributed by atoms with Gasteiger partial charge in [0.05, 0.1) is 13.2 Å². The number of ether oxygens (including phenoxy) is 1. The normalized spacial score (nSPS) is 19.2. The SMILES string of the molecule is Cc1ccc(F)c(-n2nc(C(=O)N3CCOC(C(=O)O)C3)c3c2CCC3)c1. The first-order valence-electron chi connectivity index (χ1n) is 8.96. The predicted molar refractivity (Wildman–Crippen MR) is 93.6 cm³/mol. The van der Waals surface area contributed by atoms with Crippen LogP contribution in [-0.2, 0) is 22.4 Å². The Morgan fingerprint density at radius 1 is 1.33 bits per heavy atom. The van der Waals surface area contributed by atoms with Crippen LogP contribution in [0, 0.1) is 12.7 Å². The zero-order chi connectivity index (χ0) is 19.1. The summed E-state index contributed by atoms with van der Waals surface area (Å²) in [7, 11) is 0. The molecule has 2 aromatic rings. The third-order valence-electron chi connectivity index (χ3n) is 5.09. The fraction of sp³-hybridized carbons (Fsp3) is 0.421. The molecule has 1 fully saturated rings. The van der Waals surface area contributed by atoms with Crippen molar-refractivity contribution >= 4 is 11.9 Å². The van der Waals surface area contributed by atoms with Crippen LogP contribution >= 0.6 is 0 Å². The number of rotatable bonds is 3. The van der Waals surface area contributed by atoms with Gasteiger partial charge in [-0.1, -0.05) is 6.07 Å². The number of morpholine rings is 1. The van der Waals surface area contributed by atoms with Gasteiger partial charge in [0.1, 0.15) is 11.5 Å². The van der Waals surface area contributed by atoms with Gasteiger partial charge in [0, 0.05) is 17.8 Å². The minimum absolute atomic E-state index is 0.0192. The molecule has 1 aliphatic carbocycles. The molecule has 8 heteroatoms. The van der Waals surface area contributed by atoms with Gasteiger partial charge < -0.3 is 14.7 Å². The van der Waals surface area contributed by atoms with E-state index in [2.05, 4.69) is 5.10 Å². The number of carbonyl (C=O) groups is 2. The Morgan fingerprint density at radius 3 is 2.93 bits per heavy atom. The molecule has 0 radical (unpaired) electrons. The number of aromatic nitrogens is 2. The molecule has 27 heavy (non-hydrogen) atoms.